The maximum atomic E-state index is 13.4. The van der Waals surface area contributed by atoms with Crippen molar-refractivity contribution < 1.29 is 89.4 Å². The van der Waals surface area contributed by atoms with Crippen molar-refractivity contribution in [3.8, 4) is 0 Å². The zero-order valence-corrected chi connectivity index (χ0v) is 57.4. The van der Waals surface area contributed by atoms with Crippen LogP contribution in [-0.2, 0) is 33.2 Å². The molecule has 17 atom stereocenters. The van der Waals surface area contributed by atoms with Crippen LogP contribution in [0.4, 0.5) is 0 Å². The average molecular weight is 1330 g/mol. The molecule has 3 rings (SSSR count). The van der Waals surface area contributed by atoms with Gasteiger partial charge in [-0.25, -0.2) is 0 Å². The summed E-state index contributed by atoms with van der Waals surface area (Å²) in [6, 6.07) is -1.02. The Morgan fingerprint density at radius 3 is 1.19 bits per heavy atom. The van der Waals surface area contributed by atoms with Gasteiger partial charge in [0.05, 0.1) is 38.6 Å². The van der Waals surface area contributed by atoms with Crippen LogP contribution in [0, 0.1) is 0 Å². The van der Waals surface area contributed by atoms with E-state index < -0.39 is 131 Å². The Bertz CT molecular complexity index is 2080. The first-order valence-corrected chi connectivity index (χ1v) is 36.5. The number of rotatable bonds is 55. The second kappa shape index (κ2) is 55.6. The van der Waals surface area contributed by atoms with Crippen molar-refractivity contribution in [1.29, 1.82) is 0 Å². The van der Waals surface area contributed by atoms with Crippen molar-refractivity contribution in [2.75, 3.05) is 26.4 Å². The molecule has 0 aromatic rings. The number of allylic oxidation sites excluding steroid dienone is 15. The van der Waals surface area contributed by atoms with Gasteiger partial charge in [-0.2, -0.15) is 0 Å². The Hall–Kier alpha value is -3.29. The van der Waals surface area contributed by atoms with Crippen LogP contribution in [0.15, 0.2) is 97.2 Å². The number of amides is 1. The maximum absolute atomic E-state index is 13.4. The van der Waals surface area contributed by atoms with Crippen LogP contribution in [0.5, 0.6) is 0 Å². The molecule has 3 heterocycles. The molecule has 1 amide bonds. The van der Waals surface area contributed by atoms with Crippen LogP contribution < -0.4 is 5.32 Å². The topological polar surface area (TPSA) is 307 Å². The van der Waals surface area contributed by atoms with Gasteiger partial charge in [0.1, 0.15) is 73.2 Å². The predicted octanol–water partition coefficient (Wildman–Crippen LogP) is 10.4. The smallest absolute Gasteiger partial charge is 0.220 e. The third kappa shape index (κ3) is 36.5. The number of carbonyl (C=O) groups excluding carboxylic acids is 1. The first-order chi connectivity index (χ1) is 45.8. The number of ether oxygens (including phenoxy) is 6. The molecule has 19 heteroatoms. The van der Waals surface area contributed by atoms with Crippen molar-refractivity contribution in [2.45, 2.75) is 343 Å². The molecule has 17 unspecified atom stereocenters. The van der Waals surface area contributed by atoms with Gasteiger partial charge in [0.15, 0.2) is 18.9 Å². The molecule has 0 spiro atoms. The standard InChI is InChI=1S/C75H129NO18/c1-3-5-7-9-11-13-15-17-19-21-23-24-25-26-27-28-29-30-31-32-33-35-36-38-40-42-44-46-48-50-52-59(80)58(76-63(81)53-51-49-47-45-43-41-39-37-34-22-20-18-16-14-12-10-8-6-4-2)57-89-73-69(87)66(84)71(61(55-78)91-73)94-75-70(88)67(85)72(62(56-79)92-75)93-74-68(86)65(83)64(82)60(54-77)90-74/h6,8,12,14,18,20,34-37,41-44,50,52,58-62,64-75,77-80,82-88H,3-5,7,9-11,13,15-17,19,21-33,38-40,45-49,51,53-57H2,1-2H3,(H,76,81)/b8-6-,14-12-,20-18-,36-35+,37-34-,43-41-,44-42+,52-50+. The number of aliphatic hydroxyl groups excluding tert-OH is 11. The Labute approximate surface area is 564 Å². The van der Waals surface area contributed by atoms with Gasteiger partial charge in [0.2, 0.25) is 5.91 Å². The van der Waals surface area contributed by atoms with E-state index in [1.807, 2.05) is 6.08 Å². The Morgan fingerprint density at radius 1 is 0.394 bits per heavy atom. The summed E-state index contributed by atoms with van der Waals surface area (Å²) in [7, 11) is 0. The third-order valence-electron chi connectivity index (χ3n) is 17.6. The summed E-state index contributed by atoms with van der Waals surface area (Å²) in [5, 5.41) is 121. The minimum Gasteiger partial charge on any atom is -0.394 e. The molecular formula is C75H129NO18. The van der Waals surface area contributed by atoms with Gasteiger partial charge < -0.3 is 89.9 Å². The van der Waals surface area contributed by atoms with Crippen LogP contribution >= 0.6 is 0 Å². The second-order valence-electron chi connectivity index (χ2n) is 25.6. The van der Waals surface area contributed by atoms with Crippen LogP contribution in [-0.4, -0.2) is 193 Å². The summed E-state index contributed by atoms with van der Waals surface area (Å²) in [6.07, 6.45) is 46.9. The lowest BCUT2D eigenvalue weighted by molar-refractivity contribution is -0.379. The number of unbranched alkanes of at least 4 members (excludes halogenated alkanes) is 25. The first-order valence-electron chi connectivity index (χ1n) is 36.5. The molecule has 0 bridgehead atoms. The van der Waals surface area contributed by atoms with Crippen molar-refractivity contribution in [3.63, 3.8) is 0 Å². The summed E-state index contributed by atoms with van der Waals surface area (Å²) in [6.45, 7) is 1.57. The summed E-state index contributed by atoms with van der Waals surface area (Å²) in [5.41, 5.74) is 0. The molecule has 19 nitrogen and oxygen atoms in total. The zero-order chi connectivity index (χ0) is 68.2. The molecule has 94 heavy (non-hydrogen) atoms. The Morgan fingerprint density at radius 2 is 0.745 bits per heavy atom. The van der Waals surface area contributed by atoms with Crippen LogP contribution in [0.25, 0.3) is 0 Å². The molecular weight excluding hydrogens is 1200 g/mol. The highest BCUT2D eigenvalue weighted by Gasteiger charge is 2.53. The van der Waals surface area contributed by atoms with E-state index >= 15 is 0 Å². The molecule has 3 saturated heterocycles. The van der Waals surface area contributed by atoms with Gasteiger partial charge >= 0.3 is 0 Å². The molecule has 0 saturated carbocycles. The molecule has 0 aromatic heterocycles. The minimum absolute atomic E-state index is 0.187. The first kappa shape index (κ1) is 84.9. The fourth-order valence-corrected chi connectivity index (χ4v) is 11.7. The molecule has 0 radical (unpaired) electrons. The van der Waals surface area contributed by atoms with Gasteiger partial charge in [-0.3, -0.25) is 4.79 Å². The predicted molar refractivity (Wildman–Crippen MR) is 369 cm³/mol. The molecule has 542 valence electrons. The van der Waals surface area contributed by atoms with Crippen molar-refractivity contribution >= 4 is 5.91 Å². The molecule has 0 aliphatic carbocycles. The fraction of sp³-hybridized carbons (Fsp3) is 0.773. The van der Waals surface area contributed by atoms with E-state index in [0.29, 0.717) is 12.8 Å². The van der Waals surface area contributed by atoms with Gasteiger partial charge in [-0.05, 0) is 89.9 Å². The van der Waals surface area contributed by atoms with E-state index in [-0.39, 0.29) is 12.3 Å². The number of nitrogens with one attached hydrogen (secondary N) is 1. The highest BCUT2D eigenvalue weighted by Crippen LogP contribution is 2.33. The molecule has 3 aliphatic heterocycles. The van der Waals surface area contributed by atoms with Crippen molar-refractivity contribution in [1.82, 2.24) is 5.32 Å². The third-order valence-corrected chi connectivity index (χ3v) is 17.6. The highest BCUT2D eigenvalue weighted by atomic mass is 16.8. The summed E-state index contributed by atoms with van der Waals surface area (Å²) >= 11 is 0. The molecule has 3 fully saturated rings. The number of carbonyl (C=O) groups is 1. The van der Waals surface area contributed by atoms with E-state index in [4.69, 9.17) is 28.4 Å². The lowest BCUT2D eigenvalue weighted by Crippen LogP contribution is -2.66. The van der Waals surface area contributed by atoms with E-state index in [1.165, 1.54) is 128 Å². The second-order valence-corrected chi connectivity index (χ2v) is 25.6. The van der Waals surface area contributed by atoms with Crippen molar-refractivity contribution in [3.05, 3.63) is 97.2 Å². The normalized spacial score (nSPS) is 27.9. The number of hydrogen-bond donors (Lipinski definition) is 12. The largest absolute Gasteiger partial charge is 0.394 e. The van der Waals surface area contributed by atoms with Gasteiger partial charge in [0, 0.05) is 6.42 Å². The molecule has 12 N–H and O–H groups in total. The quantitative estimate of drug-likeness (QED) is 0.0199. The van der Waals surface area contributed by atoms with Gasteiger partial charge in [-0.15, -0.1) is 0 Å². The lowest BCUT2D eigenvalue weighted by Gasteiger charge is -2.48. The zero-order valence-electron chi connectivity index (χ0n) is 57.4. The highest BCUT2D eigenvalue weighted by molar-refractivity contribution is 5.76. The van der Waals surface area contributed by atoms with Gasteiger partial charge in [-0.1, -0.05) is 239 Å². The van der Waals surface area contributed by atoms with Crippen LogP contribution in [0.3, 0.4) is 0 Å². The fourth-order valence-electron chi connectivity index (χ4n) is 11.7. The minimum atomic E-state index is -1.99. The molecule has 3 aliphatic rings. The monoisotopic (exact) mass is 1330 g/mol. The van der Waals surface area contributed by atoms with Crippen LogP contribution in [0.2, 0.25) is 0 Å². The van der Waals surface area contributed by atoms with E-state index in [9.17, 15) is 61.0 Å². The number of aliphatic hydroxyl groups is 11. The maximum Gasteiger partial charge on any atom is 0.220 e. The number of hydrogen-bond acceptors (Lipinski definition) is 18. The molecule has 0 aromatic carbocycles. The van der Waals surface area contributed by atoms with E-state index in [2.05, 4.69) is 104 Å². The Kier molecular flexibility index (Phi) is 50.2. The lowest BCUT2D eigenvalue weighted by atomic mass is 9.96. The summed E-state index contributed by atoms with van der Waals surface area (Å²) < 4.78 is 34.3. The van der Waals surface area contributed by atoms with Crippen LogP contribution in [0.1, 0.15) is 239 Å². The summed E-state index contributed by atoms with van der Waals surface area (Å²) in [4.78, 5) is 13.4. The average Bonchev–Trinajstić information content (AvgIpc) is 0.787. The summed E-state index contributed by atoms with van der Waals surface area (Å²) in [5.74, 6) is -0.323. The van der Waals surface area contributed by atoms with E-state index in [1.54, 1.807) is 6.08 Å². The van der Waals surface area contributed by atoms with Crippen molar-refractivity contribution in [2.24, 2.45) is 0 Å². The van der Waals surface area contributed by atoms with Gasteiger partial charge in [0.25, 0.3) is 0 Å². The van der Waals surface area contributed by atoms with E-state index in [0.717, 1.165) is 77.0 Å². The Balaban J connectivity index is 1.44. The SMILES string of the molecule is CC/C=C\C/C=C\C/C=C\C/C=C\C/C=C\CCCCCC(=O)NC(COC1OC(CO)C(OC2OC(CO)C(OC3OC(CO)C(O)C(O)C3O)C(O)C2O)C(O)C1O)C(O)/C=C/CC/C=C/CC/C=C/CCCCCCCCCCCCCCCCCCCCCC.